The van der Waals surface area contributed by atoms with Crippen molar-refractivity contribution in [2.24, 2.45) is 5.92 Å². The molecule has 1 aliphatic carbocycles. The van der Waals surface area contributed by atoms with E-state index in [2.05, 4.69) is 23.5 Å². The summed E-state index contributed by atoms with van der Waals surface area (Å²) in [5, 5.41) is 7.02. The first-order chi connectivity index (χ1) is 5.97. The number of rotatable bonds is 1. The van der Waals surface area contributed by atoms with E-state index in [1.54, 1.807) is 0 Å². The van der Waals surface area contributed by atoms with Gasteiger partial charge in [-0.05, 0) is 5.92 Å². The maximum atomic E-state index is 3.51. The zero-order valence-electron chi connectivity index (χ0n) is 8.31. The van der Waals surface area contributed by atoms with Crippen molar-refractivity contribution in [3.05, 3.63) is 12.8 Å². The Morgan fingerprint density at radius 1 is 0.857 bits per heavy atom. The van der Waals surface area contributed by atoms with Gasteiger partial charge in [-0.2, -0.15) is 12.8 Å². The monoisotopic (exact) mass is 540 g/mol. The minimum Gasteiger partial charge on any atom is -0.332 e. The molecule has 0 atom stereocenters. The Morgan fingerprint density at radius 3 is 2.00 bits per heavy atom. The summed E-state index contributed by atoms with van der Waals surface area (Å²) in [6, 6.07) is 0. The number of hydrogen-bond acceptors (Lipinski definition) is 2. The maximum absolute atomic E-state index is 3.51. The van der Waals surface area contributed by atoms with Crippen molar-refractivity contribution in [3.8, 4) is 0 Å². The van der Waals surface area contributed by atoms with E-state index in [-0.39, 0.29) is 40.8 Å². The van der Waals surface area contributed by atoms with Crippen LogP contribution in [0, 0.1) is 18.8 Å². The van der Waals surface area contributed by atoms with E-state index in [1.165, 1.54) is 25.7 Å². The summed E-state index contributed by atoms with van der Waals surface area (Å²) in [7, 11) is 0. The van der Waals surface area contributed by atoms with Gasteiger partial charge >= 0.3 is 0 Å². The molecule has 0 spiro atoms. The smallest absolute Gasteiger partial charge is 0.0552 e. The molecule has 2 rings (SSSR count). The largest absolute Gasteiger partial charge is 0.332 e. The molecule has 84 valence electrons. The van der Waals surface area contributed by atoms with Crippen LogP contribution in [-0.4, -0.2) is 19.3 Å². The quantitative estimate of drug-likeness (QED) is 0.489. The second-order valence-electron chi connectivity index (χ2n) is 3.79. The average molecular weight is 539 g/mol. The van der Waals surface area contributed by atoms with Gasteiger partial charge in [0.1, 0.15) is 0 Å². The van der Waals surface area contributed by atoms with Crippen molar-refractivity contribution >= 4 is 0 Å². The van der Waals surface area contributed by atoms with Gasteiger partial charge in [-0.1, -0.05) is 12.8 Å². The molecule has 0 amide bonds. The molecular formula is C10H18N2Re2-2. The van der Waals surface area contributed by atoms with E-state index < -0.39 is 0 Å². The SMILES string of the molecule is [CH-]1CCC(C2NC[CH-]CN2)CC1.[Re].[Re]. The molecule has 0 bridgehead atoms. The van der Waals surface area contributed by atoms with Gasteiger partial charge in [0.15, 0.2) is 0 Å². The summed E-state index contributed by atoms with van der Waals surface area (Å²) in [4.78, 5) is 0. The molecule has 2 fully saturated rings. The Labute approximate surface area is 115 Å². The maximum Gasteiger partial charge on any atom is 0.0552 e. The standard InChI is InChI=1S/C10H18N2.2Re/c1-2-5-9(6-3-1)10-11-7-4-8-12-10;;/h1,4,9-12H,2-3,5-8H2;;/q-2;;. The molecule has 2 nitrogen and oxygen atoms in total. The van der Waals surface area contributed by atoms with Crippen LogP contribution in [-0.2, 0) is 40.8 Å². The molecule has 1 heterocycles. The normalized spacial score (nSPS) is 24.9. The van der Waals surface area contributed by atoms with E-state index >= 15 is 0 Å². The van der Waals surface area contributed by atoms with Crippen LogP contribution in [0.3, 0.4) is 0 Å². The van der Waals surface area contributed by atoms with Crippen molar-refractivity contribution in [2.45, 2.75) is 31.8 Å². The molecule has 0 unspecified atom stereocenters. The third kappa shape index (κ3) is 4.40. The van der Waals surface area contributed by atoms with E-state index in [1.807, 2.05) is 0 Å². The summed E-state index contributed by atoms with van der Waals surface area (Å²) >= 11 is 0. The van der Waals surface area contributed by atoms with Gasteiger partial charge in [-0.15, -0.1) is 13.1 Å². The summed E-state index contributed by atoms with van der Waals surface area (Å²) in [5.41, 5.74) is 0. The van der Waals surface area contributed by atoms with Crippen LogP contribution >= 0.6 is 0 Å². The zero-order chi connectivity index (χ0) is 8.23. The second kappa shape index (κ2) is 8.40. The molecule has 0 aromatic rings. The van der Waals surface area contributed by atoms with Crippen LogP contribution in [0.25, 0.3) is 0 Å². The Morgan fingerprint density at radius 2 is 1.43 bits per heavy atom. The zero-order valence-corrected chi connectivity index (χ0v) is 13.7. The third-order valence-corrected chi connectivity index (χ3v) is 2.92. The molecule has 2 aliphatic rings. The molecular weight excluding hydrogens is 521 g/mol. The first-order valence-electron chi connectivity index (χ1n) is 5.07. The van der Waals surface area contributed by atoms with Gasteiger partial charge in [-0.3, -0.25) is 0 Å². The van der Waals surface area contributed by atoms with Gasteiger partial charge in [0.25, 0.3) is 0 Å². The van der Waals surface area contributed by atoms with Crippen molar-refractivity contribution in [3.63, 3.8) is 0 Å². The topological polar surface area (TPSA) is 24.1 Å². The Kier molecular flexibility index (Phi) is 9.15. The van der Waals surface area contributed by atoms with E-state index in [9.17, 15) is 0 Å². The molecule has 1 aliphatic heterocycles. The predicted molar refractivity (Wildman–Crippen MR) is 50.4 cm³/mol. The van der Waals surface area contributed by atoms with Crippen LogP contribution in [0.1, 0.15) is 25.7 Å². The van der Waals surface area contributed by atoms with Crippen molar-refractivity contribution in [1.29, 1.82) is 0 Å². The number of hydrogen-bond donors (Lipinski definition) is 2. The Bertz CT molecular complexity index is 116. The van der Waals surface area contributed by atoms with E-state index in [0.717, 1.165) is 19.0 Å². The fourth-order valence-electron chi connectivity index (χ4n) is 2.18. The average Bonchev–Trinajstić information content (AvgIpc) is 2.21. The van der Waals surface area contributed by atoms with Crippen LogP contribution < -0.4 is 10.6 Å². The molecule has 0 aromatic carbocycles. The fourth-order valence-corrected chi connectivity index (χ4v) is 2.18. The molecule has 2 radical (unpaired) electrons. The molecule has 0 aromatic heterocycles. The summed E-state index contributed by atoms with van der Waals surface area (Å²) < 4.78 is 0. The van der Waals surface area contributed by atoms with Crippen LogP contribution in [0.4, 0.5) is 0 Å². The summed E-state index contributed by atoms with van der Waals surface area (Å²) in [6.07, 6.45) is 10.6. The van der Waals surface area contributed by atoms with Gasteiger partial charge in [-0.25, -0.2) is 0 Å². The van der Waals surface area contributed by atoms with Gasteiger partial charge in [0.2, 0.25) is 0 Å². The van der Waals surface area contributed by atoms with Gasteiger partial charge in [0, 0.05) is 40.8 Å². The predicted octanol–water partition coefficient (Wildman–Crippen LogP) is 1.10. The van der Waals surface area contributed by atoms with Gasteiger partial charge < -0.3 is 23.5 Å². The fraction of sp³-hybridized carbons (Fsp3) is 0.800. The summed E-state index contributed by atoms with van der Waals surface area (Å²) in [5.74, 6) is 0.865. The second-order valence-corrected chi connectivity index (χ2v) is 3.79. The van der Waals surface area contributed by atoms with Crippen LogP contribution in [0.15, 0.2) is 0 Å². The minimum absolute atomic E-state index is 0. The number of nitrogens with one attached hydrogen (secondary N) is 2. The van der Waals surface area contributed by atoms with Gasteiger partial charge in [0.05, 0.1) is 6.17 Å². The third-order valence-electron chi connectivity index (χ3n) is 2.92. The molecule has 4 heteroatoms. The van der Waals surface area contributed by atoms with Crippen LogP contribution in [0.2, 0.25) is 0 Å². The van der Waals surface area contributed by atoms with E-state index in [4.69, 9.17) is 0 Å². The van der Waals surface area contributed by atoms with Crippen molar-refractivity contribution in [1.82, 2.24) is 10.6 Å². The Balaban J connectivity index is 0.000000845. The molecule has 14 heavy (non-hydrogen) atoms. The Hall–Kier alpha value is 1.24. The first kappa shape index (κ1) is 15.2. The summed E-state index contributed by atoms with van der Waals surface area (Å²) in [6.45, 7) is 2.16. The molecule has 2 N–H and O–H groups in total. The van der Waals surface area contributed by atoms with Crippen molar-refractivity contribution < 1.29 is 40.8 Å². The minimum atomic E-state index is 0. The van der Waals surface area contributed by atoms with Crippen LogP contribution in [0.5, 0.6) is 0 Å². The molecule has 1 saturated heterocycles. The molecule has 1 saturated carbocycles. The first-order valence-corrected chi connectivity index (χ1v) is 5.07. The van der Waals surface area contributed by atoms with Crippen molar-refractivity contribution in [2.75, 3.05) is 13.1 Å². The van der Waals surface area contributed by atoms with E-state index in [0.29, 0.717) is 6.17 Å².